The van der Waals surface area contributed by atoms with Gasteiger partial charge in [0, 0.05) is 38.4 Å². The van der Waals surface area contributed by atoms with Crippen LogP contribution in [0.5, 0.6) is 0 Å². The van der Waals surface area contributed by atoms with Crippen molar-refractivity contribution >= 4 is 5.82 Å². The number of anilines is 1. The van der Waals surface area contributed by atoms with Crippen molar-refractivity contribution in [3.05, 3.63) is 47.7 Å². The molecule has 3 aromatic rings. The maximum atomic E-state index is 4.51. The minimum Gasteiger partial charge on any atom is -0.354 e. The third kappa shape index (κ3) is 3.18. The summed E-state index contributed by atoms with van der Waals surface area (Å²) in [5, 5.41) is 17.5. The third-order valence-corrected chi connectivity index (χ3v) is 5.13. The van der Waals surface area contributed by atoms with Gasteiger partial charge < -0.3 is 14.0 Å². The van der Waals surface area contributed by atoms with Crippen LogP contribution < -0.4 is 4.90 Å². The van der Waals surface area contributed by atoms with E-state index in [2.05, 4.69) is 52.5 Å². The normalized spacial score (nSPS) is 17.7. The van der Waals surface area contributed by atoms with E-state index in [-0.39, 0.29) is 0 Å². The summed E-state index contributed by atoms with van der Waals surface area (Å²) in [4.78, 5) is 6.58. The summed E-state index contributed by atoms with van der Waals surface area (Å²) in [5.74, 6) is 4.27. The first-order valence-electron chi connectivity index (χ1n) is 9.03. The Morgan fingerprint density at radius 1 is 1.12 bits per heavy atom. The fourth-order valence-corrected chi connectivity index (χ4v) is 3.55. The van der Waals surface area contributed by atoms with Crippen LogP contribution in [-0.2, 0) is 13.6 Å². The molecule has 1 atom stereocenters. The maximum Gasteiger partial charge on any atom is 0.152 e. The largest absolute Gasteiger partial charge is 0.354 e. The SMILES string of the molecule is Cc1ccc(N2CCC[C@H](c3nnc(Cn4ccnc4C)n3C)C2)nn1. The lowest BCUT2D eigenvalue weighted by molar-refractivity contribution is 0.474. The number of aromatic nitrogens is 7. The molecule has 4 heterocycles. The molecule has 1 saturated heterocycles. The molecule has 0 unspecified atom stereocenters. The molecule has 1 aliphatic heterocycles. The highest BCUT2D eigenvalue weighted by atomic mass is 15.3. The van der Waals surface area contributed by atoms with Gasteiger partial charge in [0.2, 0.25) is 0 Å². The zero-order chi connectivity index (χ0) is 18.1. The van der Waals surface area contributed by atoms with Gasteiger partial charge in [0.15, 0.2) is 11.6 Å². The van der Waals surface area contributed by atoms with Crippen LogP contribution in [0.15, 0.2) is 24.5 Å². The molecule has 0 saturated carbocycles. The van der Waals surface area contributed by atoms with Gasteiger partial charge in [0.25, 0.3) is 0 Å². The van der Waals surface area contributed by atoms with Gasteiger partial charge in [-0.25, -0.2) is 4.98 Å². The van der Waals surface area contributed by atoms with Gasteiger partial charge >= 0.3 is 0 Å². The molecule has 3 aromatic heterocycles. The molecule has 0 aliphatic carbocycles. The Morgan fingerprint density at radius 2 is 2.00 bits per heavy atom. The topological polar surface area (TPSA) is 77.5 Å². The second-order valence-electron chi connectivity index (χ2n) is 6.95. The highest BCUT2D eigenvalue weighted by Gasteiger charge is 2.26. The lowest BCUT2D eigenvalue weighted by atomic mass is 9.97. The standard InChI is InChI=1S/C18H24N8/c1-13-6-7-16(21-20-13)26-9-4-5-15(11-26)18-23-22-17(24(18)3)12-25-10-8-19-14(25)2/h6-8,10,15H,4-5,9,11-12H2,1-3H3/t15-/m0/s1. The van der Waals surface area contributed by atoms with Crippen molar-refractivity contribution in [3.63, 3.8) is 0 Å². The van der Waals surface area contributed by atoms with E-state index in [1.54, 1.807) is 0 Å². The van der Waals surface area contributed by atoms with Crippen LogP contribution in [0.3, 0.4) is 0 Å². The second-order valence-corrected chi connectivity index (χ2v) is 6.95. The molecule has 4 rings (SSSR count). The molecule has 0 spiro atoms. The van der Waals surface area contributed by atoms with E-state index in [1.165, 1.54) is 0 Å². The average Bonchev–Trinajstić information content (AvgIpc) is 3.22. The molecule has 0 radical (unpaired) electrons. The highest BCUT2D eigenvalue weighted by Crippen LogP contribution is 2.28. The predicted molar refractivity (Wildman–Crippen MR) is 98.0 cm³/mol. The summed E-state index contributed by atoms with van der Waals surface area (Å²) in [5.41, 5.74) is 0.940. The Balaban J connectivity index is 1.52. The molecule has 0 N–H and O–H groups in total. The van der Waals surface area contributed by atoms with Crippen LogP contribution in [0.25, 0.3) is 0 Å². The molecule has 0 amide bonds. The molecule has 136 valence electrons. The van der Waals surface area contributed by atoms with Crippen molar-refractivity contribution in [2.75, 3.05) is 18.0 Å². The number of hydrogen-bond donors (Lipinski definition) is 0. The first-order valence-corrected chi connectivity index (χ1v) is 9.03. The molecule has 26 heavy (non-hydrogen) atoms. The first-order chi connectivity index (χ1) is 12.6. The minimum atomic E-state index is 0.349. The Labute approximate surface area is 152 Å². The highest BCUT2D eigenvalue weighted by molar-refractivity contribution is 5.38. The van der Waals surface area contributed by atoms with Crippen LogP contribution in [0, 0.1) is 13.8 Å². The predicted octanol–water partition coefficient (Wildman–Crippen LogP) is 1.85. The van der Waals surface area contributed by atoms with Crippen LogP contribution in [0.1, 0.15) is 41.9 Å². The summed E-state index contributed by atoms with van der Waals surface area (Å²) >= 11 is 0. The van der Waals surface area contributed by atoms with Gasteiger partial charge in [-0.1, -0.05) is 0 Å². The summed E-state index contributed by atoms with van der Waals surface area (Å²) in [6.07, 6.45) is 6.02. The monoisotopic (exact) mass is 352 g/mol. The fraction of sp³-hybridized carbons (Fsp3) is 0.500. The lowest BCUT2D eigenvalue weighted by Crippen LogP contribution is -2.36. The van der Waals surface area contributed by atoms with Crippen molar-refractivity contribution in [1.82, 2.24) is 34.5 Å². The Kier molecular flexibility index (Phi) is 4.40. The molecule has 0 aromatic carbocycles. The minimum absolute atomic E-state index is 0.349. The average molecular weight is 352 g/mol. The quantitative estimate of drug-likeness (QED) is 0.713. The second kappa shape index (κ2) is 6.86. The molecule has 1 aliphatic rings. The summed E-state index contributed by atoms with van der Waals surface area (Å²) < 4.78 is 4.22. The van der Waals surface area contributed by atoms with E-state index in [4.69, 9.17) is 0 Å². The summed E-state index contributed by atoms with van der Waals surface area (Å²) in [6, 6.07) is 4.06. The van der Waals surface area contributed by atoms with Crippen molar-refractivity contribution in [2.45, 2.75) is 39.2 Å². The van der Waals surface area contributed by atoms with E-state index in [0.717, 1.165) is 54.9 Å². The molecule has 0 bridgehead atoms. The molecule has 1 fully saturated rings. The number of nitrogens with zero attached hydrogens (tertiary/aromatic N) is 8. The molecule has 8 heteroatoms. The maximum absolute atomic E-state index is 4.51. The van der Waals surface area contributed by atoms with Gasteiger partial charge in [-0.2, -0.15) is 5.10 Å². The number of aryl methyl sites for hydroxylation is 2. The Bertz CT molecular complexity index is 879. The molecular weight excluding hydrogens is 328 g/mol. The Hall–Kier alpha value is -2.77. The number of imidazole rings is 1. The zero-order valence-electron chi connectivity index (χ0n) is 15.5. The summed E-state index contributed by atoms with van der Waals surface area (Å²) in [7, 11) is 2.06. The number of hydrogen-bond acceptors (Lipinski definition) is 6. The van der Waals surface area contributed by atoms with E-state index in [1.807, 2.05) is 32.3 Å². The van der Waals surface area contributed by atoms with Gasteiger partial charge in [-0.3, -0.25) is 0 Å². The van der Waals surface area contributed by atoms with Crippen LogP contribution in [-0.4, -0.2) is 47.6 Å². The fourth-order valence-electron chi connectivity index (χ4n) is 3.55. The van der Waals surface area contributed by atoms with Crippen LogP contribution >= 0.6 is 0 Å². The van der Waals surface area contributed by atoms with Crippen LogP contribution in [0.4, 0.5) is 5.82 Å². The van der Waals surface area contributed by atoms with E-state index >= 15 is 0 Å². The van der Waals surface area contributed by atoms with Gasteiger partial charge in [-0.05, 0) is 38.8 Å². The van der Waals surface area contributed by atoms with Crippen LogP contribution in [0.2, 0.25) is 0 Å². The van der Waals surface area contributed by atoms with E-state index in [0.29, 0.717) is 12.5 Å². The van der Waals surface area contributed by atoms with Gasteiger partial charge in [0.05, 0.1) is 12.2 Å². The third-order valence-electron chi connectivity index (χ3n) is 5.13. The van der Waals surface area contributed by atoms with Gasteiger partial charge in [-0.15, -0.1) is 15.3 Å². The first kappa shape index (κ1) is 16.7. The van der Waals surface area contributed by atoms with Crippen molar-refractivity contribution < 1.29 is 0 Å². The molecule has 8 nitrogen and oxygen atoms in total. The molecular formula is C18H24N8. The lowest BCUT2D eigenvalue weighted by Gasteiger charge is -2.32. The Morgan fingerprint density at radius 3 is 2.73 bits per heavy atom. The van der Waals surface area contributed by atoms with Gasteiger partial charge in [0.1, 0.15) is 11.6 Å². The number of piperidine rings is 1. The van der Waals surface area contributed by atoms with Crippen molar-refractivity contribution in [1.29, 1.82) is 0 Å². The smallest absolute Gasteiger partial charge is 0.152 e. The van der Waals surface area contributed by atoms with E-state index < -0.39 is 0 Å². The van der Waals surface area contributed by atoms with Crippen molar-refractivity contribution in [2.24, 2.45) is 7.05 Å². The number of rotatable bonds is 4. The van der Waals surface area contributed by atoms with E-state index in [9.17, 15) is 0 Å². The zero-order valence-corrected chi connectivity index (χ0v) is 15.5. The van der Waals surface area contributed by atoms with Crippen molar-refractivity contribution in [3.8, 4) is 0 Å². The summed E-state index contributed by atoms with van der Waals surface area (Å²) in [6.45, 7) is 6.55.